The first-order valence-electron chi connectivity index (χ1n) is 18.3. The van der Waals surface area contributed by atoms with Gasteiger partial charge in [0.1, 0.15) is 61.6 Å². The molecule has 4 saturated heterocycles. The van der Waals surface area contributed by atoms with E-state index in [2.05, 4.69) is 0 Å². The van der Waals surface area contributed by atoms with E-state index in [1.54, 1.807) is 9.80 Å². The summed E-state index contributed by atoms with van der Waals surface area (Å²) in [7, 11) is 0. The summed E-state index contributed by atoms with van der Waals surface area (Å²) in [6, 6.07) is 5.59. The van der Waals surface area contributed by atoms with Crippen molar-refractivity contribution in [1.82, 2.24) is 0 Å². The number of hydrogen-bond donors (Lipinski definition) is 0. The van der Waals surface area contributed by atoms with E-state index in [-0.39, 0.29) is 25.4 Å². The lowest BCUT2D eigenvalue weighted by Crippen LogP contribution is -2.29. The Morgan fingerprint density at radius 1 is 0.528 bits per heavy atom. The van der Waals surface area contributed by atoms with Crippen LogP contribution in [0.4, 0.5) is 21.0 Å². The second kappa shape index (κ2) is 14.6. The first-order chi connectivity index (χ1) is 25.3. The molecule has 12 nitrogen and oxygen atoms in total. The molecule has 0 saturated carbocycles. The molecule has 7 rings (SSSR count). The van der Waals surface area contributed by atoms with Gasteiger partial charge in [0.15, 0.2) is 12.2 Å². The highest BCUT2D eigenvalue weighted by Crippen LogP contribution is 2.40. The van der Waals surface area contributed by atoms with Crippen LogP contribution in [0.2, 0.25) is 0 Å². The molecule has 53 heavy (non-hydrogen) atoms. The lowest BCUT2D eigenvalue weighted by Gasteiger charge is -2.22. The molecule has 2 amide bonds. The van der Waals surface area contributed by atoms with Gasteiger partial charge in [-0.3, -0.25) is 9.80 Å². The molecule has 3 aromatic carbocycles. The average Bonchev–Trinajstić information content (AvgIpc) is 4.07. The minimum Gasteiger partial charge on any atom is -0.490 e. The lowest BCUT2D eigenvalue weighted by molar-refractivity contribution is 0.104. The van der Waals surface area contributed by atoms with E-state index in [0.717, 1.165) is 86.3 Å². The van der Waals surface area contributed by atoms with Gasteiger partial charge in [-0.05, 0) is 125 Å². The molecule has 0 N–H and O–H groups in total. The summed E-state index contributed by atoms with van der Waals surface area (Å²) in [5.41, 5.74) is 10.2. The molecule has 284 valence electrons. The lowest BCUT2D eigenvalue weighted by atomic mass is 9.98. The molecule has 4 fully saturated rings. The maximum atomic E-state index is 13.2. The predicted molar refractivity (Wildman–Crippen MR) is 199 cm³/mol. The van der Waals surface area contributed by atoms with E-state index in [1.807, 2.05) is 80.5 Å². The molecule has 0 aliphatic carbocycles. The zero-order chi connectivity index (χ0) is 37.7. The van der Waals surface area contributed by atoms with Crippen molar-refractivity contribution in [3.05, 3.63) is 68.3 Å². The Balaban J connectivity index is 0.986. The highest BCUT2D eigenvalue weighted by molar-refractivity contribution is 5.94. The molecule has 4 unspecified atom stereocenters. The molecular formula is C41H50N2O10. The van der Waals surface area contributed by atoms with Crippen molar-refractivity contribution in [1.29, 1.82) is 0 Å². The second-order valence-corrected chi connectivity index (χ2v) is 14.7. The number of anilines is 2. The number of aryl methyl sites for hydroxylation is 1. The van der Waals surface area contributed by atoms with Crippen molar-refractivity contribution >= 4 is 23.6 Å². The third-order valence-corrected chi connectivity index (χ3v) is 11.0. The maximum Gasteiger partial charge on any atom is 0.414 e. The van der Waals surface area contributed by atoms with Gasteiger partial charge in [0.2, 0.25) is 0 Å². The quantitative estimate of drug-likeness (QED) is 0.163. The summed E-state index contributed by atoms with van der Waals surface area (Å²) < 4.78 is 47.0. The summed E-state index contributed by atoms with van der Waals surface area (Å²) in [4.78, 5) is 29.5. The molecular weight excluding hydrogens is 680 g/mol. The number of ether oxygens (including phenoxy) is 8. The van der Waals surface area contributed by atoms with Crippen LogP contribution in [0.3, 0.4) is 0 Å². The van der Waals surface area contributed by atoms with Crippen molar-refractivity contribution in [3.8, 4) is 23.0 Å². The van der Waals surface area contributed by atoms with Crippen LogP contribution in [0.1, 0.15) is 50.1 Å². The Morgan fingerprint density at radius 3 is 1.25 bits per heavy atom. The van der Waals surface area contributed by atoms with Gasteiger partial charge in [-0.1, -0.05) is 6.07 Å². The Morgan fingerprint density at radius 2 is 0.868 bits per heavy atom. The Kier molecular flexibility index (Phi) is 10.1. The third-order valence-electron chi connectivity index (χ3n) is 11.0. The molecule has 0 aromatic heterocycles. The SMILES string of the molecule is Cc1ccc(N2CC(COc3c(C)c(C)c(OCC4CO4)c(C)c3C)OC2=O)cc1N1CC(COc2c(C)c(C)c(OCC3CO3)c(C)c2C)OC1=O. The standard InChI is InChI=1S/C41H50N2O10/c1-21-10-11-30(42-13-31(52-40(42)44)15-48-36-22(2)26(6)38(27(7)23(36)3)50-19-33-17-46-33)12-35(21)43-14-32(53-41(43)45)16-49-37-24(4)28(8)39(29(9)25(37)5)51-20-34-18-47-34/h10-12,31-34H,13-20H2,1-9H3. The number of rotatable bonds is 14. The molecule has 0 radical (unpaired) electrons. The zero-order valence-electron chi connectivity index (χ0n) is 32.2. The van der Waals surface area contributed by atoms with Crippen molar-refractivity contribution in [2.45, 2.75) is 86.7 Å². The number of epoxide rings is 2. The highest BCUT2D eigenvalue weighted by Gasteiger charge is 2.37. The fourth-order valence-corrected chi connectivity index (χ4v) is 7.07. The number of amides is 2. The number of carbonyl (C=O) groups excluding carboxylic acids is 2. The fourth-order valence-electron chi connectivity index (χ4n) is 7.07. The summed E-state index contributed by atoms with van der Waals surface area (Å²) in [5.74, 6) is 3.27. The minimum absolute atomic E-state index is 0.168. The number of hydrogen-bond acceptors (Lipinski definition) is 10. The molecule has 4 heterocycles. The first kappa shape index (κ1) is 36.7. The van der Waals surface area contributed by atoms with Crippen molar-refractivity contribution in [3.63, 3.8) is 0 Å². The van der Waals surface area contributed by atoms with E-state index in [4.69, 9.17) is 37.9 Å². The maximum absolute atomic E-state index is 13.2. The Labute approximate surface area is 311 Å². The van der Waals surface area contributed by atoms with Crippen LogP contribution < -0.4 is 28.7 Å². The smallest absolute Gasteiger partial charge is 0.414 e. The van der Waals surface area contributed by atoms with Gasteiger partial charge in [0, 0.05) is 5.69 Å². The Bertz CT molecular complexity index is 1880. The number of cyclic esters (lactones) is 2. The van der Waals surface area contributed by atoms with Gasteiger partial charge in [-0.15, -0.1) is 0 Å². The molecule has 4 aliphatic heterocycles. The summed E-state index contributed by atoms with van der Waals surface area (Å²) >= 11 is 0. The van der Waals surface area contributed by atoms with Crippen molar-refractivity contribution in [2.24, 2.45) is 0 Å². The summed E-state index contributed by atoms with van der Waals surface area (Å²) in [6.45, 7) is 21.6. The van der Waals surface area contributed by atoms with E-state index in [0.29, 0.717) is 37.7 Å². The molecule has 12 heteroatoms. The van der Waals surface area contributed by atoms with Crippen LogP contribution in [-0.4, -0.2) is 89.3 Å². The van der Waals surface area contributed by atoms with Crippen LogP contribution >= 0.6 is 0 Å². The molecule has 4 aliphatic rings. The van der Waals surface area contributed by atoms with Crippen molar-refractivity contribution in [2.75, 3.05) is 62.5 Å². The summed E-state index contributed by atoms with van der Waals surface area (Å²) in [5, 5.41) is 0. The van der Waals surface area contributed by atoms with E-state index >= 15 is 0 Å². The molecule has 3 aromatic rings. The highest BCUT2D eigenvalue weighted by atomic mass is 16.6. The normalized spacial score (nSPS) is 21.8. The van der Waals surface area contributed by atoms with Crippen LogP contribution in [-0.2, 0) is 18.9 Å². The van der Waals surface area contributed by atoms with Gasteiger partial charge < -0.3 is 37.9 Å². The van der Waals surface area contributed by atoms with Crippen LogP contribution in [0, 0.1) is 62.3 Å². The Hall–Kier alpha value is -4.68. The second-order valence-electron chi connectivity index (χ2n) is 14.7. The van der Waals surface area contributed by atoms with Gasteiger partial charge in [0.25, 0.3) is 0 Å². The number of benzene rings is 3. The van der Waals surface area contributed by atoms with Crippen LogP contribution in [0.25, 0.3) is 0 Å². The fraction of sp³-hybridized carbons (Fsp3) is 0.512. The van der Waals surface area contributed by atoms with Crippen molar-refractivity contribution < 1.29 is 47.5 Å². The topological polar surface area (TPSA) is 121 Å². The third kappa shape index (κ3) is 7.44. The molecule has 0 bridgehead atoms. The minimum atomic E-state index is -0.488. The van der Waals surface area contributed by atoms with Crippen LogP contribution in [0.15, 0.2) is 18.2 Å². The molecule has 4 atom stereocenters. The van der Waals surface area contributed by atoms with Gasteiger partial charge >= 0.3 is 12.2 Å². The van der Waals surface area contributed by atoms with E-state index in [9.17, 15) is 9.59 Å². The average molecular weight is 731 g/mol. The first-order valence-corrected chi connectivity index (χ1v) is 18.3. The molecule has 0 spiro atoms. The number of nitrogens with zero attached hydrogens (tertiary/aromatic N) is 2. The van der Waals surface area contributed by atoms with Crippen LogP contribution in [0.5, 0.6) is 23.0 Å². The summed E-state index contributed by atoms with van der Waals surface area (Å²) in [6.07, 6.45) is -1.57. The van der Waals surface area contributed by atoms with Gasteiger partial charge in [0.05, 0.1) is 32.0 Å². The van der Waals surface area contributed by atoms with E-state index < -0.39 is 24.4 Å². The number of carbonyl (C=O) groups is 2. The monoisotopic (exact) mass is 730 g/mol. The predicted octanol–water partition coefficient (Wildman–Crippen LogP) is 6.83. The van der Waals surface area contributed by atoms with E-state index in [1.165, 1.54) is 0 Å². The van der Waals surface area contributed by atoms with Gasteiger partial charge in [-0.2, -0.15) is 0 Å². The van der Waals surface area contributed by atoms with Gasteiger partial charge in [-0.25, -0.2) is 9.59 Å². The largest absolute Gasteiger partial charge is 0.490 e. The zero-order valence-corrected chi connectivity index (χ0v) is 32.2.